The average molecular weight is 927 g/mol. The molecule has 18 heteroatoms. The molecule has 0 radical (unpaired) electrons. The van der Waals surface area contributed by atoms with Gasteiger partial charge >= 0.3 is 11.9 Å². The van der Waals surface area contributed by atoms with Crippen LogP contribution in [-0.4, -0.2) is 168 Å². The summed E-state index contributed by atoms with van der Waals surface area (Å²) in [5, 5.41) is 105. The van der Waals surface area contributed by atoms with E-state index in [0.29, 0.717) is 19.3 Å². The maximum Gasteiger partial charge on any atom is 0.335 e. The number of rotatable bonds is 9. The highest BCUT2D eigenvalue weighted by Crippen LogP contribution is 2.76. The third-order valence-electron chi connectivity index (χ3n) is 19.0. The molecule has 7 fully saturated rings. The first-order valence-electron chi connectivity index (χ1n) is 23.7. The number of aliphatic hydroxyl groups excluding tert-OH is 8. The molecule has 21 atom stereocenters. The first kappa shape index (κ1) is 49.5. The fraction of sp³-hybridized carbons (Fsp3) is 0.915. The van der Waals surface area contributed by atoms with Gasteiger partial charge in [0.2, 0.25) is 6.29 Å². The predicted molar refractivity (Wildman–Crippen MR) is 225 cm³/mol. The van der Waals surface area contributed by atoms with Crippen LogP contribution in [0.2, 0.25) is 0 Å². The van der Waals surface area contributed by atoms with E-state index in [2.05, 4.69) is 54.5 Å². The molecule has 10 N–H and O–H groups in total. The number of hydrogen-bond donors (Lipinski definition) is 10. The second-order valence-corrected chi connectivity index (χ2v) is 23.2. The molecule has 3 heterocycles. The van der Waals surface area contributed by atoms with E-state index in [9.17, 15) is 60.7 Å². The van der Waals surface area contributed by atoms with E-state index in [1.165, 1.54) is 5.57 Å². The topological polar surface area (TPSA) is 292 Å². The maximum absolute atomic E-state index is 14.6. The normalized spacial score (nSPS) is 52.5. The maximum atomic E-state index is 14.6. The largest absolute Gasteiger partial charge is 0.479 e. The minimum absolute atomic E-state index is 0.0647. The summed E-state index contributed by atoms with van der Waals surface area (Å²) in [4.78, 5) is 27.2. The van der Waals surface area contributed by atoms with Crippen molar-refractivity contribution in [2.75, 3.05) is 19.8 Å². The Balaban J connectivity index is 1.01. The third-order valence-corrected chi connectivity index (χ3v) is 19.0. The number of ether oxygens (including phenoxy) is 6. The standard InChI is InChI=1S/C47H74O18/c1-41(2)14-16-46(40(58)65-37-31(53)29(51)28(50)24(19-48)61-37)17-15-44(6)22(23(46)18-41)8-9-26-43(5)12-11-27(42(3,4)25(43)10-13-45(26,44)7)62-38-32(54)30(52)33(34(64-38)36(56)57)63-39-35(55)47(59,20-49)21-60-39/h8,23-35,37-39,48-55,59H,9-21H2,1-7H3,(H,56,57)/t23-,24+,25-,26+,27-,28+,29-,30+,31+,32+,33-,34-,35-,37-,38+,39-,43-,44+,45+,46-,47-/m0/s1. The van der Waals surface area contributed by atoms with Crippen molar-refractivity contribution in [3.63, 3.8) is 0 Å². The highest BCUT2D eigenvalue weighted by molar-refractivity contribution is 5.79. The van der Waals surface area contributed by atoms with E-state index in [4.69, 9.17) is 28.4 Å². The van der Waals surface area contributed by atoms with Gasteiger partial charge in [0.25, 0.3) is 0 Å². The van der Waals surface area contributed by atoms with Gasteiger partial charge in [-0.15, -0.1) is 0 Å². The van der Waals surface area contributed by atoms with Crippen LogP contribution in [0.5, 0.6) is 0 Å². The lowest BCUT2D eigenvalue weighted by molar-refractivity contribution is -0.341. The molecule has 0 spiro atoms. The molecule has 8 aliphatic rings. The van der Waals surface area contributed by atoms with E-state index in [-0.39, 0.29) is 39.4 Å². The molecule has 3 aliphatic heterocycles. The molecule has 65 heavy (non-hydrogen) atoms. The number of esters is 1. The zero-order valence-electron chi connectivity index (χ0n) is 38.7. The van der Waals surface area contributed by atoms with Gasteiger partial charge in [-0.1, -0.05) is 60.1 Å². The minimum atomic E-state index is -2.06. The number of fused-ring (bicyclic) bond motifs is 7. The summed E-state index contributed by atoms with van der Waals surface area (Å²) in [6.07, 6.45) is -10.6. The number of aliphatic hydroxyl groups is 9. The summed E-state index contributed by atoms with van der Waals surface area (Å²) in [7, 11) is 0. The fourth-order valence-corrected chi connectivity index (χ4v) is 14.7. The van der Waals surface area contributed by atoms with E-state index < -0.39 is 128 Å². The Hall–Kier alpha value is -1.88. The Kier molecular flexibility index (Phi) is 12.9. The number of carbonyl (C=O) groups excluding carboxylic acids is 1. The zero-order chi connectivity index (χ0) is 47.6. The van der Waals surface area contributed by atoms with Crippen LogP contribution in [-0.2, 0) is 38.0 Å². The summed E-state index contributed by atoms with van der Waals surface area (Å²) >= 11 is 0. The second kappa shape index (κ2) is 16.9. The number of carbonyl (C=O) groups is 2. The van der Waals surface area contributed by atoms with Crippen LogP contribution in [0.25, 0.3) is 0 Å². The molecule has 8 rings (SSSR count). The highest BCUT2D eigenvalue weighted by atomic mass is 16.7. The van der Waals surface area contributed by atoms with Gasteiger partial charge in [-0.2, -0.15) is 0 Å². The van der Waals surface area contributed by atoms with Gasteiger partial charge < -0.3 is 79.5 Å². The van der Waals surface area contributed by atoms with Crippen LogP contribution < -0.4 is 0 Å². The Morgan fingerprint density at radius 3 is 2.08 bits per heavy atom. The van der Waals surface area contributed by atoms with Crippen molar-refractivity contribution in [3.05, 3.63) is 11.6 Å². The Morgan fingerprint density at radius 1 is 0.754 bits per heavy atom. The molecule has 0 aromatic rings. The molecular weight excluding hydrogens is 852 g/mol. The first-order valence-corrected chi connectivity index (χ1v) is 23.7. The molecule has 5 aliphatic carbocycles. The van der Waals surface area contributed by atoms with Crippen LogP contribution in [0.15, 0.2) is 11.6 Å². The number of carboxylic acids is 1. The van der Waals surface area contributed by atoms with Crippen molar-refractivity contribution >= 4 is 11.9 Å². The monoisotopic (exact) mass is 926 g/mol. The smallest absolute Gasteiger partial charge is 0.335 e. The Labute approximate surface area is 380 Å². The SMILES string of the molecule is CC1(C)CC[C@]2(C(=O)O[C@@H]3O[C@H](CO)[C@@H](O)[C@H](O)[C@H]3O)CC[C@]3(C)C(=CC[C@@H]4[C@@]5(C)CC[C@H](O[C@@H]6O[C@H](C(=O)O)[C@@H](O[C@@H]7OC[C@@](O)(CO)[C@H]7O)[C@H](O)[C@H]6O)C(C)(C)[C@@H]5CC[C@]43C)[C@@H]2C1. The molecule has 18 nitrogen and oxygen atoms in total. The van der Waals surface area contributed by atoms with E-state index in [0.717, 1.165) is 44.9 Å². The van der Waals surface area contributed by atoms with Crippen LogP contribution in [0.1, 0.15) is 113 Å². The van der Waals surface area contributed by atoms with Gasteiger partial charge in [-0.25, -0.2) is 4.79 Å². The van der Waals surface area contributed by atoms with E-state index in [1.807, 2.05) is 0 Å². The number of aliphatic carboxylic acids is 1. The van der Waals surface area contributed by atoms with Gasteiger partial charge in [0, 0.05) is 0 Å². The summed E-state index contributed by atoms with van der Waals surface area (Å²) in [6, 6.07) is 0. The average Bonchev–Trinajstić information content (AvgIpc) is 3.53. The summed E-state index contributed by atoms with van der Waals surface area (Å²) < 4.78 is 34.9. The molecule has 370 valence electrons. The molecule has 3 saturated heterocycles. The van der Waals surface area contributed by atoms with Gasteiger partial charge in [0.05, 0.1) is 31.3 Å². The first-order chi connectivity index (χ1) is 30.2. The van der Waals surface area contributed by atoms with Gasteiger partial charge in [-0.3, -0.25) is 4.79 Å². The molecule has 0 amide bonds. The second-order valence-electron chi connectivity index (χ2n) is 23.2. The quantitative estimate of drug-likeness (QED) is 0.0872. The van der Waals surface area contributed by atoms with Gasteiger partial charge in [0.1, 0.15) is 54.4 Å². The summed E-state index contributed by atoms with van der Waals surface area (Å²) in [5.41, 5.74) is -2.86. The summed E-state index contributed by atoms with van der Waals surface area (Å²) in [5.74, 6) is -1.77. The number of allylic oxidation sites excluding steroid dienone is 2. The molecule has 4 saturated carbocycles. The minimum Gasteiger partial charge on any atom is -0.479 e. The molecule has 0 unspecified atom stereocenters. The van der Waals surface area contributed by atoms with Crippen molar-refractivity contribution in [2.24, 2.45) is 50.2 Å². The van der Waals surface area contributed by atoms with E-state index >= 15 is 0 Å². The van der Waals surface area contributed by atoms with Crippen LogP contribution >= 0.6 is 0 Å². The predicted octanol–water partition coefficient (Wildman–Crippen LogP) is 0.874. The lowest BCUT2D eigenvalue weighted by Crippen LogP contribution is -2.66. The van der Waals surface area contributed by atoms with Gasteiger partial charge in [0.15, 0.2) is 18.7 Å². The number of hydrogen-bond acceptors (Lipinski definition) is 17. The van der Waals surface area contributed by atoms with Crippen LogP contribution in [0, 0.1) is 50.2 Å². The molecule has 0 aromatic heterocycles. The van der Waals surface area contributed by atoms with Crippen molar-refractivity contribution < 1.29 is 89.1 Å². The lowest BCUT2D eigenvalue weighted by atomic mass is 9.33. The molecule has 0 bridgehead atoms. The molecule has 0 aromatic carbocycles. The van der Waals surface area contributed by atoms with Crippen molar-refractivity contribution in [1.82, 2.24) is 0 Å². The van der Waals surface area contributed by atoms with Crippen LogP contribution in [0.4, 0.5) is 0 Å². The zero-order valence-corrected chi connectivity index (χ0v) is 38.7. The van der Waals surface area contributed by atoms with E-state index in [1.54, 1.807) is 0 Å². The molecular formula is C47H74O18. The lowest BCUT2D eigenvalue weighted by Gasteiger charge is -2.71. The fourth-order valence-electron chi connectivity index (χ4n) is 14.7. The summed E-state index contributed by atoms with van der Waals surface area (Å²) in [6.45, 7) is 13.9. The van der Waals surface area contributed by atoms with Crippen molar-refractivity contribution in [3.8, 4) is 0 Å². The van der Waals surface area contributed by atoms with Crippen molar-refractivity contribution in [2.45, 2.75) is 198 Å². The van der Waals surface area contributed by atoms with Crippen molar-refractivity contribution in [1.29, 1.82) is 0 Å². The Bertz CT molecular complexity index is 1840. The van der Waals surface area contributed by atoms with Gasteiger partial charge in [-0.05, 0) is 109 Å². The van der Waals surface area contributed by atoms with Crippen LogP contribution in [0.3, 0.4) is 0 Å². The Morgan fingerprint density at radius 2 is 1.43 bits per heavy atom. The number of carboxylic acid groups (broad SMARTS) is 1. The highest BCUT2D eigenvalue weighted by Gasteiger charge is 2.70. The third kappa shape index (κ3) is 7.58.